The molecule has 0 radical (unpaired) electrons. The number of pyridine rings is 1. The van der Waals surface area contributed by atoms with Gasteiger partial charge < -0.3 is 19.6 Å². The highest BCUT2D eigenvalue weighted by molar-refractivity contribution is 7.20. The minimum absolute atomic E-state index is 0.0741. The number of fused-ring (bicyclic) bond motifs is 1. The van der Waals surface area contributed by atoms with Crippen molar-refractivity contribution in [3.05, 3.63) is 46.3 Å². The normalized spacial score (nSPS) is 16.4. The Morgan fingerprint density at radius 3 is 2.97 bits per heavy atom. The van der Waals surface area contributed by atoms with Crippen molar-refractivity contribution in [3.8, 4) is 0 Å². The van der Waals surface area contributed by atoms with Gasteiger partial charge in [0, 0.05) is 49.7 Å². The third kappa shape index (κ3) is 4.47. The molecule has 8 nitrogen and oxygen atoms in total. The van der Waals surface area contributed by atoms with Gasteiger partial charge in [-0.1, -0.05) is 18.1 Å². The van der Waals surface area contributed by atoms with E-state index in [9.17, 15) is 9.59 Å². The van der Waals surface area contributed by atoms with E-state index in [1.54, 1.807) is 17.2 Å². The van der Waals surface area contributed by atoms with Crippen molar-refractivity contribution in [2.75, 3.05) is 40.3 Å². The number of nitrogens with zero attached hydrogens (tertiary/aromatic N) is 4. The average Bonchev–Trinajstić information content (AvgIpc) is 3.50. The van der Waals surface area contributed by atoms with Gasteiger partial charge in [-0.25, -0.2) is 4.98 Å². The largest absolute Gasteiger partial charge is 0.351 e. The molecule has 3 aromatic heterocycles. The van der Waals surface area contributed by atoms with E-state index in [0.29, 0.717) is 24.5 Å². The first-order valence-corrected chi connectivity index (χ1v) is 11.3. The molecule has 0 aliphatic carbocycles. The van der Waals surface area contributed by atoms with Crippen molar-refractivity contribution in [2.24, 2.45) is 0 Å². The number of hydrogen-bond acceptors (Lipinski definition) is 7. The van der Waals surface area contributed by atoms with Crippen LogP contribution < -0.4 is 5.32 Å². The first-order valence-electron chi connectivity index (χ1n) is 10.5. The van der Waals surface area contributed by atoms with Crippen LogP contribution in [0.15, 0.2) is 28.9 Å². The van der Waals surface area contributed by atoms with Crippen LogP contribution in [0.25, 0.3) is 10.2 Å². The number of likely N-dealkylation sites (N-methyl/N-ethyl adjacent to an activating group) is 1. The standard InChI is InChI=1S/C22H27N5O3S/c1-4-15-12-17(30-25-15)22(29)27-10-7-14(13-27)18-16-6-5-8-24-21(16)31-19(18)20(28)23-9-11-26(2)3/h5-6,8,12,14H,4,7,9-11,13H2,1-3H3,(H,23,28). The van der Waals surface area contributed by atoms with Gasteiger partial charge >= 0.3 is 0 Å². The Labute approximate surface area is 185 Å². The number of carbonyl (C=O) groups is 2. The van der Waals surface area contributed by atoms with Gasteiger partial charge in [-0.2, -0.15) is 0 Å². The summed E-state index contributed by atoms with van der Waals surface area (Å²) in [5.74, 6) is 0.123. The van der Waals surface area contributed by atoms with Crippen molar-refractivity contribution < 1.29 is 14.1 Å². The first-order chi connectivity index (χ1) is 15.0. The zero-order chi connectivity index (χ0) is 22.0. The summed E-state index contributed by atoms with van der Waals surface area (Å²) in [4.78, 5) is 35.7. The van der Waals surface area contributed by atoms with Crippen LogP contribution in [-0.2, 0) is 6.42 Å². The van der Waals surface area contributed by atoms with Crippen molar-refractivity contribution in [2.45, 2.75) is 25.7 Å². The van der Waals surface area contributed by atoms with Crippen LogP contribution in [0.5, 0.6) is 0 Å². The lowest BCUT2D eigenvalue weighted by atomic mass is 9.95. The highest BCUT2D eigenvalue weighted by atomic mass is 32.1. The molecule has 1 unspecified atom stereocenters. The minimum atomic E-state index is -0.149. The van der Waals surface area contributed by atoms with Crippen LogP contribution in [0.2, 0.25) is 0 Å². The third-order valence-electron chi connectivity index (χ3n) is 5.57. The lowest BCUT2D eigenvalue weighted by molar-refractivity contribution is 0.0749. The van der Waals surface area contributed by atoms with Gasteiger partial charge in [0.1, 0.15) is 4.83 Å². The Balaban J connectivity index is 1.57. The highest BCUT2D eigenvalue weighted by Gasteiger charge is 2.34. The Morgan fingerprint density at radius 1 is 1.39 bits per heavy atom. The highest BCUT2D eigenvalue weighted by Crippen LogP contribution is 2.39. The summed E-state index contributed by atoms with van der Waals surface area (Å²) in [6.07, 6.45) is 3.26. The molecule has 0 bridgehead atoms. The smallest absolute Gasteiger partial charge is 0.292 e. The molecule has 1 N–H and O–H groups in total. The van der Waals surface area contributed by atoms with Crippen molar-refractivity contribution in [3.63, 3.8) is 0 Å². The molecule has 1 aliphatic rings. The number of carbonyl (C=O) groups excluding carboxylic acids is 2. The van der Waals surface area contributed by atoms with Crippen molar-refractivity contribution >= 4 is 33.4 Å². The predicted molar refractivity (Wildman–Crippen MR) is 120 cm³/mol. The zero-order valence-electron chi connectivity index (χ0n) is 18.1. The molecule has 0 saturated carbocycles. The maximum absolute atomic E-state index is 13.0. The van der Waals surface area contributed by atoms with Crippen LogP contribution >= 0.6 is 11.3 Å². The fourth-order valence-corrected chi connectivity index (χ4v) is 5.06. The van der Waals surface area contributed by atoms with E-state index in [-0.39, 0.29) is 23.5 Å². The van der Waals surface area contributed by atoms with E-state index in [2.05, 4.69) is 15.5 Å². The first kappa shape index (κ1) is 21.5. The quantitative estimate of drug-likeness (QED) is 0.606. The Morgan fingerprint density at radius 2 is 2.23 bits per heavy atom. The summed E-state index contributed by atoms with van der Waals surface area (Å²) in [6, 6.07) is 5.62. The SMILES string of the molecule is CCc1cc(C(=O)N2CCC(c3c(C(=O)NCCN(C)C)sc4ncccc34)C2)on1. The molecule has 1 fully saturated rings. The van der Waals surface area contributed by atoms with Gasteiger partial charge in [-0.15, -0.1) is 11.3 Å². The van der Waals surface area contributed by atoms with Crippen LogP contribution in [0, 0.1) is 0 Å². The Hall–Kier alpha value is -2.78. The summed E-state index contributed by atoms with van der Waals surface area (Å²) in [5.41, 5.74) is 1.77. The molecule has 1 atom stereocenters. The van der Waals surface area contributed by atoms with E-state index in [1.807, 2.05) is 38.1 Å². The van der Waals surface area contributed by atoms with E-state index in [4.69, 9.17) is 4.52 Å². The lowest BCUT2D eigenvalue weighted by Crippen LogP contribution is -2.31. The monoisotopic (exact) mass is 441 g/mol. The molecule has 3 aromatic rings. The Kier molecular flexibility index (Phi) is 6.33. The maximum atomic E-state index is 13.0. The molecule has 4 rings (SSSR count). The molecule has 1 aliphatic heterocycles. The number of aromatic nitrogens is 2. The van der Waals surface area contributed by atoms with Crippen molar-refractivity contribution in [1.29, 1.82) is 0 Å². The maximum Gasteiger partial charge on any atom is 0.292 e. The van der Waals surface area contributed by atoms with E-state index >= 15 is 0 Å². The summed E-state index contributed by atoms with van der Waals surface area (Å²) in [6.45, 7) is 4.48. The third-order valence-corrected chi connectivity index (χ3v) is 6.70. The second-order valence-corrected chi connectivity index (χ2v) is 9.03. The Bertz CT molecular complexity index is 1090. The predicted octanol–water partition coefficient (Wildman–Crippen LogP) is 2.77. The second-order valence-electron chi connectivity index (χ2n) is 8.03. The molecule has 31 heavy (non-hydrogen) atoms. The summed E-state index contributed by atoms with van der Waals surface area (Å²) >= 11 is 1.42. The van der Waals surface area contributed by atoms with Gasteiger partial charge in [0.15, 0.2) is 0 Å². The molecular weight excluding hydrogens is 414 g/mol. The topological polar surface area (TPSA) is 91.6 Å². The van der Waals surface area contributed by atoms with Gasteiger partial charge in [0.2, 0.25) is 5.76 Å². The summed E-state index contributed by atoms with van der Waals surface area (Å²) < 4.78 is 5.23. The molecule has 9 heteroatoms. The van der Waals surface area contributed by atoms with E-state index in [0.717, 1.165) is 40.9 Å². The minimum Gasteiger partial charge on any atom is -0.351 e. The fourth-order valence-electron chi connectivity index (χ4n) is 3.91. The van der Waals surface area contributed by atoms with E-state index < -0.39 is 0 Å². The molecule has 4 heterocycles. The molecule has 0 spiro atoms. The summed E-state index contributed by atoms with van der Waals surface area (Å²) in [5, 5.41) is 7.95. The number of nitrogens with one attached hydrogen (secondary N) is 1. The van der Waals surface area contributed by atoms with Crippen LogP contribution in [0.4, 0.5) is 0 Å². The number of amides is 2. The van der Waals surface area contributed by atoms with Gasteiger partial charge in [-0.05, 0) is 38.6 Å². The molecule has 164 valence electrons. The summed E-state index contributed by atoms with van der Waals surface area (Å²) in [7, 11) is 3.95. The van der Waals surface area contributed by atoms with Gasteiger partial charge in [-0.3, -0.25) is 9.59 Å². The van der Waals surface area contributed by atoms with Crippen molar-refractivity contribution in [1.82, 2.24) is 25.3 Å². The van der Waals surface area contributed by atoms with Gasteiger partial charge in [0.25, 0.3) is 11.8 Å². The van der Waals surface area contributed by atoms with Crippen LogP contribution in [-0.4, -0.2) is 72.0 Å². The lowest BCUT2D eigenvalue weighted by Gasteiger charge is -2.16. The number of hydrogen-bond donors (Lipinski definition) is 1. The molecule has 0 aromatic carbocycles. The number of thiophene rings is 1. The molecular formula is C22H27N5O3S. The fraction of sp³-hybridized carbons (Fsp3) is 0.455. The number of rotatable bonds is 7. The van der Waals surface area contributed by atoms with Crippen LogP contribution in [0.1, 0.15) is 50.7 Å². The average molecular weight is 442 g/mol. The second kappa shape index (κ2) is 9.15. The molecule has 1 saturated heterocycles. The number of likely N-dealkylation sites (tertiary alicyclic amines) is 1. The van der Waals surface area contributed by atoms with Gasteiger partial charge in [0.05, 0.1) is 10.6 Å². The van der Waals surface area contributed by atoms with Crippen LogP contribution in [0.3, 0.4) is 0 Å². The van der Waals surface area contributed by atoms with E-state index in [1.165, 1.54) is 11.3 Å². The molecule has 2 amide bonds. The number of aryl methyl sites for hydroxylation is 1. The zero-order valence-corrected chi connectivity index (χ0v) is 18.9.